The van der Waals surface area contributed by atoms with Gasteiger partial charge in [-0.1, -0.05) is 18.7 Å². The molecule has 0 aromatic heterocycles. The monoisotopic (exact) mass is 221 g/mol. The van der Waals surface area contributed by atoms with Crippen molar-refractivity contribution in [1.82, 2.24) is 0 Å². The summed E-state index contributed by atoms with van der Waals surface area (Å²) in [5.74, 6) is -1.91. The zero-order chi connectivity index (χ0) is 12.1. The number of amides is 1. The summed E-state index contributed by atoms with van der Waals surface area (Å²) in [4.78, 5) is 22.0. The first-order chi connectivity index (χ1) is 7.57. The summed E-state index contributed by atoms with van der Waals surface area (Å²) in [6.45, 7) is 3.62. The maximum absolute atomic E-state index is 11.2. The first-order valence-corrected chi connectivity index (χ1v) is 4.47. The molecule has 0 radical (unpaired) electrons. The number of carboxylic acids is 1. The Morgan fingerprint density at radius 1 is 1.50 bits per heavy atom. The third-order valence-corrected chi connectivity index (χ3v) is 1.86. The van der Waals surface area contributed by atoms with Gasteiger partial charge in [0, 0.05) is 0 Å². The lowest BCUT2D eigenvalue weighted by atomic mass is 10.1. The molecule has 16 heavy (non-hydrogen) atoms. The number of primary amides is 1. The topological polar surface area (TPSA) is 89.6 Å². The molecule has 1 aromatic carbocycles. The van der Waals surface area contributed by atoms with Crippen LogP contribution in [0.2, 0.25) is 0 Å². The van der Waals surface area contributed by atoms with Crippen LogP contribution in [0.5, 0.6) is 5.75 Å². The van der Waals surface area contributed by atoms with Crippen molar-refractivity contribution in [3.8, 4) is 5.75 Å². The molecule has 1 amide bonds. The standard InChI is InChI=1S/C11H11NO4/c1-2-6-16-8-5-3-4-7(11(14)15)9(8)10(12)13/h2-5H,1,6H2,(H2,12,13)(H,14,15). The molecule has 0 bridgehead atoms. The molecule has 0 aliphatic heterocycles. The SMILES string of the molecule is C=CCOc1cccc(C(=O)O)c1C(N)=O. The fraction of sp³-hybridized carbons (Fsp3) is 0.0909. The fourth-order valence-electron chi connectivity index (χ4n) is 1.23. The predicted molar refractivity (Wildman–Crippen MR) is 57.6 cm³/mol. The van der Waals surface area contributed by atoms with E-state index in [9.17, 15) is 9.59 Å². The molecule has 1 rings (SSSR count). The van der Waals surface area contributed by atoms with Crippen LogP contribution in [0, 0.1) is 0 Å². The largest absolute Gasteiger partial charge is 0.489 e. The van der Waals surface area contributed by atoms with Gasteiger partial charge in [0.15, 0.2) is 0 Å². The van der Waals surface area contributed by atoms with Crippen molar-refractivity contribution in [3.05, 3.63) is 42.0 Å². The van der Waals surface area contributed by atoms with E-state index in [2.05, 4.69) is 6.58 Å². The highest BCUT2D eigenvalue weighted by Gasteiger charge is 2.19. The van der Waals surface area contributed by atoms with Gasteiger partial charge in [0.05, 0.1) is 11.1 Å². The highest BCUT2D eigenvalue weighted by Crippen LogP contribution is 2.22. The molecule has 0 spiro atoms. The summed E-state index contributed by atoms with van der Waals surface area (Å²) in [5.41, 5.74) is 4.82. The van der Waals surface area contributed by atoms with Gasteiger partial charge in [-0.3, -0.25) is 4.79 Å². The molecule has 3 N–H and O–H groups in total. The summed E-state index contributed by atoms with van der Waals surface area (Å²) in [6.07, 6.45) is 1.48. The lowest BCUT2D eigenvalue weighted by Crippen LogP contribution is -2.18. The molecule has 84 valence electrons. The second kappa shape index (κ2) is 4.97. The Morgan fingerprint density at radius 3 is 2.69 bits per heavy atom. The number of carbonyl (C=O) groups is 2. The number of nitrogens with two attached hydrogens (primary N) is 1. The third kappa shape index (κ3) is 2.38. The van der Waals surface area contributed by atoms with Gasteiger partial charge in [0.2, 0.25) is 0 Å². The molecule has 0 saturated heterocycles. The summed E-state index contributed by atoms with van der Waals surface area (Å²) < 4.78 is 5.16. The van der Waals surface area contributed by atoms with Gasteiger partial charge in [-0.2, -0.15) is 0 Å². The second-order valence-corrected chi connectivity index (χ2v) is 2.95. The Hall–Kier alpha value is -2.30. The van der Waals surface area contributed by atoms with Crippen molar-refractivity contribution >= 4 is 11.9 Å². The molecule has 1 aromatic rings. The number of benzene rings is 1. The normalized spacial score (nSPS) is 9.50. The molecule has 5 heteroatoms. The zero-order valence-corrected chi connectivity index (χ0v) is 8.47. The van der Waals surface area contributed by atoms with E-state index in [4.69, 9.17) is 15.6 Å². The zero-order valence-electron chi connectivity index (χ0n) is 8.47. The molecule has 0 heterocycles. The number of aromatic carboxylic acids is 1. The van der Waals surface area contributed by atoms with Crippen LogP contribution >= 0.6 is 0 Å². The maximum Gasteiger partial charge on any atom is 0.336 e. The molecule has 0 unspecified atom stereocenters. The quantitative estimate of drug-likeness (QED) is 0.727. The minimum absolute atomic E-state index is 0.128. The summed E-state index contributed by atoms with van der Waals surface area (Å²) in [7, 11) is 0. The van der Waals surface area contributed by atoms with Gasteiger partial charge in [-0.15, -0.1) is 0 Å². The molecule has 0 aliphatic rings. The third-order valence-electron chi connectivity index (χ3n) is 1.86. The van der Waals surface area contributed by atoms with Gasteiger partial charge in [-0.25, -0.2) is 4.79 Å². The van der Waals surface area contributed by atoms with Gasteiger partial charge in [0.1, 0.15) is 12.4 Å². The van der Waals surface area contributed by atoms with Crippen molar-refractivity contribution in [3.63, 3.8) is 0 Å². The van der Waals surface area contributed by atoms with Crippen molar-refractivity contribution in [2.75, 3.05) is 6.61 Å². The van der Waals surface area contributed by atoms with Crippen LogP contribution in [0.1, 0.15) is 20.7 Å². The molecule has 0 atom stereocenters. The Labute approximate surface area is 92.1 Å². The molecule has 0 saturated carbocycles. The van der Waals surface area contributed by atoms with E-state index < -0.39 is 11.9 Å². The first kappa shape index (κ1) is 11.8. The first-order valence-electron chi connectivity index (χ1n) is 4.47. The van der Waals surface area contributed by atoms with E-state index in [0.29, 0.717) is 0 Å². The Morgan fingerprint density at radius 2 is 2.19 bits per heavy atom. The average molecular weight is 221 g/mol. The number of hydrogen-bond acceptors (Lipinski definition) is 3. The second-order valence-electron chi connectivity index (χ2n) is 2.95. The number of rotatable bonds is 5. The smallest absolute Gasteiger partial charge is 0.336 e. The van der Waals surface area contributed by atoms with Crippen LogP contribution < -0.4 is 10.5 Å². The lowest BCUT2D eigenvalue weighted by Gasteiger charge is -2.09. The fourth-order valence-corrected chi connectivity index (χ4v) is 1.23. The van der Waals surface area contributed by atoms with E-state index in [1.54, 1.807) is 0 Å². The Bertz CT molecular complexity index is 440. The summed E-state index contributed by atoms with van der Waals surface area (Å²) >= 11 is 0. The minimum atomic E-state index is -1.22. The molecular formula is C11H11NO4. The van der Waals surface area contributed by atoms with Gasteiger partial charge >= 0.3 is 5.97 Å². The van der Waals surface area contributed by atoms with Gasteiger partial charge in [0.25, 0.3) is 5.91 Å². The van der Waals surface area contributed by atoms with E-state index in [1.807, 2.05) is 0 Å². The number of carboxylic acid groups (broad SMARTS) is 1. The highest BCUT2D eigenvalue weighted by atomic mass is 16.5. The van der Waals surface area contributed by atoms with E-state index in [-0.39, 0.29) is 23.5 Å². The van der Waals surface area contributed by atoms with Gasteiger partial charge < -0.3 is 15.6 Å². The number of carbonyl (C=O) groups excluding carboxylic acids is 1. The van der Waals surface area contributed by atoms with Gasteiger partial charge in [-0.05, 0) is 12.1 Å². The highest BCUT2D eigenvalue weighted by molar-refractivity contribution is 6.06. The molecule has 0 fully saturated rings. The van der Waals surface area contributed by atoms with Crippen molar-refractivity contribution in [1.29, 1.82) is 0 Å². The molecular weight excluding hydrogens is 210 g/mol. The van der Waals surface area contributed by atoms with Crippen LogP contribution in [0.15, 0.2) is 30.9 Å². The minimum Gasteiger partial charge on any atom is -0.489 e. The predicted octanol–water partition coefficient (Wildman–Crippen LogP) is 1.05. The number of hydrogen-bond donors (Lipinski definition) is 2. The van der Waals surface area contributed by atoms with E-state index >= 15 is 0 Å². The Kier molecular flexibility index (Phi) is 3.66. The van der Waals surface area contributed by atoms with Crippen LogP contribution in [0.4, 0.5) is 0 Å². The van der Waals surface area contributed by atoms with Crippen LogP contribution in [-0.2, 0) is 0 Å². The molecule has 0 aliphatic carbocycles. The van der Waals surface area contributed by atoms with E-state index in [1.165, 1.54) is 24.3 Å². The van der Waals surface area contributed by atoms with E-state index in [0.717, 1.165) is 0 Å². The van der Waals surface area contributed by atoms with Crippen LogP contribution in [-0.4, -0.2) is 23.6 Å². The van der Waals surface area contributed by atoms with Crippen molar-refractivity contribution in [2.24, 2.45) is 5.73 Å². The summed E-state index contributed by atoms with van der Waals surface area (Å²) in [6, 6.07) is 4.26. The van der Waals surface area contributed by atoms with Crippen molar-refractivity contribution in [2.45, 2.75) is 0 Å². The average Bonchev–Trinajstić information content (AvgIpc) is 2.25. The summed E-state index contributed by atoms with van der Waals surface area (Å²) in [5, 5.41) is 8.88. The lowest BCUT2D eigenvalue weighted by molar-refractivity contribution is 0.0691. The Balaban J connectivity index is 3.26. The maximum atomic E-state index is 11.2. The van der Waals surface area contributed by atoms with Crippen LogP contribution in [0.25, 0.3) is 0 Å². The number of ether oxygens (including phenoxy) is 1. The molecule has 5 nitrogen and oxygen atoms in total. The van der Waals surface area contributed by atoms with Crippen molar-refractivity contribution < 1.29 is 19.4 Å². The van der Waals surface area contributed by atoms with Crippen LogP contribution in [0.3, 0.4) is 0 Å².